The summed E-state index contributed by atoms with van der Waals surface area (Å²) in [6.45, 7) is 2.44. The van der Waals surface area contributed by atoms with E-state index in [4.69, 9.17) is 0 Å². The molecule has 17 heavy (non-hydrogen) atoms. The quantitative estimate of drug-likeness (QED) is 0.855. The number of hydrogen-bond donors (Lipinski definition) is 2. The standard InChI is InChI=1S/C12H16N2O2S/c1-8(10-3-2-6-17-10)14-12(16)9-4-5-11(15)13-7-9/h2-3,6,8-9H,4-5,7H2,1H3,(H,13,15)(H,14,16)/t8-,9+/m0/s1. The fraction of sp³-hybridized carbons (Fsp3) is 0.500. The Balaban J connectivity index is 1.86. The lowest BCUT2D eigenvalue weighted by Gasteiger charge is -2.23. The second-order valence-corrected chi connectivity index (χ2v) is 5.26. The van der Waals surface area contributed by atoms with Crippen LogP contribution in [0.5, 0.6) is 0 Å². The summed E-state index contributed by atoms with van der Waals surface area (Å²) in [5.74, 6) is -0.0126. The van der Waals surface area contributed by atoms with Crippen molar-refractivity contribution in [3.8, 4) is 0 Å². The van der Waals surface area contributed by atoms with Crippen molar-refractivity contribution in [1.29, 1.82) is 0 Å². The first-order valence-corrected chi connectivity index (χ1v) is 6.65. The molecule has 1 aromatic heterocycles. The van der Waals surface area contributed by atoms with Crippen molar-refractivity contribution < 1.29 is 9.59 Å². The molecule has 2 N–H and O–H groups in total. The van der Waals surface area contributed by atoms with Gasteiger partial charge in [0.05, 0.1) is 12.0 Å². The van der Waals surface area contributed by atoms with Gasteiger partial charge in [-0.15, -0.1) is 11.3 Å². The van der Waals surface area contributed by atoms with Crippen LogP contribution < -0.4 is 10.6 Å². The van der Waals surface area contributed by atoms with Crippen molar-refractivity contribution in [3.63, 3.8) is 0 Å². The molecule has 0 unspecified atom stereocenters. The summed E-state index contributed by atoms with van der Waals surface area (Å²) >= 11 is 1.64. The molecule has 1 fully saturated rings. The van der Waals surface area contributed by atoms with E-state index in [1.54, 1.807) is 11.3 Å². The van der Waals surface area contributed by atoms with Crippen LogP contribution in [0.1, 0.15) is 30.7 Å². The van der Waals surface area contributed by atoms with Gasteiger partial charge in [0.1, 0.15) is 0 Å². The largest absolute Gasteiger partial charge is 0.355 e. The summed E-state index contributed by atoms with van der Waals surface area (Å²) in [5, 5.41) is 7.71. The highest BCUT2D eigenvalue weighted by atomic mass is 32.1. The van der Waals surface area contributed by atoms with E-state index in [0.29, 0.717) is 19.4 Å². The predicted molar refractivity (Wildman–Crippen MR) is 66.6 cm³/mol. The first-order chi connectivity index (χ1) is 8.16. The minimum atomic E-state index is -0.0879. The van der Waals surface area contributed by atoms with Crippen LogP contribution in [0.4, 0.5) is 0 Å². The SMILES string of the molecule is C[C@H](NC(=O)[C@@H]1CCC(=O)NC1)c1cccs1. The molecule has 0 aromatic carbocycles. The summed E-state index contributed by atoms with van der Waals surface area (Å²) in [6.07, 6.45) is 1.10. The van der Waals surface area contributed by atoms with Crippen LogP contribution in [-0.4, -0.2) is 18.4 Å². The molecule has 1 saturated heterocycles. The number of nitrogens with one attached hydrogen (secondary N) is 2. The normalized spacial score (nSPS) is 21.7. The molecule has 5 heteroatoms. The molecule has 4 nitrogen and oxygen atoms in total. The van der Waals surface area contributed by atoms with E-state index < -0.39 is 0 Å². The van der Waals surface area contributed by atoms with Crippen LogP contribution in [0.15, 0.2) is 17.5 Å². The van der Waals surface area contributed by atoms with Crippen molar-refractivity contribution in [1.82, 2.24) is 10.6 Å². The van der Waals surface area contributed by atoms with Gasteiger partial charge in [-0.25, -0.2) is 0 Å². The second kappa shape index (κ2) is 5.31. The number of hydrogen-bond acceptors (Lipinski definition) is 3. The lowest BCUT2D eigenvalue weighted by atomic mass is 9.98. The molecule has 1 aromatic rings. The summed E-state index contributed by atoms with van der Waals surface area (Å²) in [7, 11) is 0. The van der Waals surface area contributed by atoms with Gasteiger partial charge in [0.25, 0.3) is 0 Å². The summed E-state index contributed by atoms with van der Waals surface area (Å²) in [6, 6.07) is 4.03. The molecule has 1 aliphatic rings. The zero-order chi connectivity index (χ0) is 12.3. The highest BCUT2D eigenvalue weighted by Crippen LogP contribution is 2.19. The van der Waals surface area contributed by atoms with Crippen molar-refractivity contribution in [3.05, 3.63) is 22.4 Å². The Labute approximate surface area is 104 Å². The molecule has 0 spiro atoms. The Kier molecular flexibility index (Phi) is 3.78. The molecule has 0 aliphatic carbocycles. The second-order valence-electron chi connectivity index (χ2n) is 4.29. The zero-order valence-corrected chi connectivity index (χ0v) is 10.5. The molecule has 2 rings (SSSR count). The summed E-state index contributed by atoms with van der Waals surface area (Å²) in [5.41, 5.74) is 0. The average molecular weight is 252 g/mol. The van der Waals surface area contributed by atoms with Crippen LogP contribution in [0, 0.1) is 5.92 Å². The summed E-state index contributed by atoms with van der Waals surface area (Å²) in [4.78, 5) is 24.1. The fourth-order valence-electron chi connectivity index (χ4n) is 1.90. The van der Waals surface area contributed by atoms with E-state index in [2.05, 4.69) is 10.6 Å². The fourth-order valence-corrected chi connectivity index (χ4v) is 2.63. The topological polar surface area (TPSA) is 58.2 Å². The third kappa shape index (κ3) is 3.06. The Hall–Kier alpha value is -1.36. The summed E-state index contributed by atoms with van der Waals surface area (Å²) < 4.78 is 0. The lowest BCUT2D eigenvalue weighted by molar-refractivity contribution is -0.129. The monoisotopic (exact) mass is 252 g/mol. The van der Waals surface area contributed by atoms with Gasteiger partial charge in [0.15, 0.2) is 0 Å². The minimum absolute atomic E-state index is 0.0332. The molecule has 0 radical (unpaired) electrons. The number of rotatable bonds is 3. The van der Waals surface area contributed by atoms with Crippen LogP contribution in [0.25, 0.3) is 0 Å². The number of carbonyl (C=O) groups is 2. The molecule has 2 amide bonds. The van der Waals surface area contributed by atoms with Gasteiger partial charge in [-0.1, -0.05) is 6.07 Å². The Bertz CT molecular complexity index is 393. The Morgan fingerprint density at radius 3 is 3.06 bits per heavy atom. The number of piperidine rings is 1. The molecule has 0 bridgehead atoms. The third-order valence-electron chi connectivity index (χ3n) is 2.97. The van der Waals surface area contributed by atoms with Crippen molar-refractivity contribution in [2.45, 2.75) is 25.8 Å². The molecule has 1 aliphatic heterocycles. The van der Waals surface area contributed by atoms with Crippen LogP contribution >= 0.6 is 11.3 Å². The molecule has 2 heterocycles. The number of carbonyl (C=O) groups excluding carboxylic acids is 2. The zero-order valence-electron chi connectivity index (χ0n) is 9.73. The molecular weight excluding hydrogens is 236 g/mol. The van der Waals surface area contributed by atoms with Gasteiger partial charge in [-0.3, -0.25) is 9.59 Å². The Morgan fingerprint density at radius 2 is 2.47 bits per heavy atom. The van der Waals surface area contributed by atoms with Crippen molar-refractivity contribution >= 4 is 23.2 Å². The highest BCUT2D eigenvalue weighted by molar-refractivity contribution is 7.10. The number of amides is 2. The van der Waals surface area contributed by atoms with E-state index in [0.717, 1.165) is 4.88 Å². The van der Waals surface area contributed by atoms with Gasteiger partial charge in [-0.05, 0) is 24.8 Å². The van der Waals surface area contributed by atoms with Crippen LogP contribution in [0.3, 0.4) is 0 Å². The third-order valence-corrected chi connectivity index (χ3v) is 4.02. The van der Waals surface area contributed by atoms with Gasteiger partial charge >= 0.3 is 0 Å². The van der Waals surface area contributed by atoms with E-state index in [9.17, 15) is 9.59 Å². The maximum Gasteiger partial charge on any atom is 0.225 e. The molecule has 2 atom stereocenters. The highest BCUT2D eigenvalue weighted by Gasteiger charge is 2.25. The van der Waals surface area contributed by atoms with Crippen LogP contribution in [0.2, 0.25) is 0 Å². The molecular formula is C12H16N2O2S. The lowest BCUT2D eigenvalue weighted by Crippen LogP contribution is -2.43. The van der Waals surface area contributed by atoms with Gasteiger partial charge < -0.3 is 10.6 Å². The van der Waals surface area contributed by atoms with E-state index in [-0.39, 0.29) is 23.8 Å². The van der Waals surface area contributed by atoms with E-state index >= 15 is 0 Å². The maximum atomic E-state index is 12.0. The Morgan fingerprint density at radius 1 is 1.65 bits per heavy atom. The minimum Gasteiger partial charge on any atom is -0.355 e. The molecule has 92 valence electrons. The first kappa shape index (κ1) is 12.1. The van der Waals surface area contributed by atoms with Gasteiger partial charge in [0.2, 0.25) is 11.8 Å². The maximum absolute atomic E-state index is 12.0. The van der Waals surface area contributed by atoms with E-state index in [1.807, 2.05) is 24.4 Å². The average Bonchev–Trinajstić information content (AvgIpc) is 2.83. The van der Waals surface area contributed by atoms with Gasteiger partial charge in [-0.2, -0.15) is 0 Å². The smallest absolute Gasteiger partial charge is 0.225 e. The van der Waals surface area contributed by atoms with Crippen molar-refractivity contribution in [2.24, 2.45) is 5.92 Å². The predicted octanol–water partition coefficient (Wildman–Crippen LogP) is 1.45. The van der Waals surface area contributed by atoms with E-state index in [1.165, 1.54) is 0 Å². The van der Waals surface area contributed by atoms with Crippen molar-refractivity contribution in [2.75, 3.05) is 6.54 Å². The molecule has 0 saturated carbocycles. The first-order valence-electron chi connectivity index (χ1n) is 5.77. The van der Waals surface area contributed by atoms with Gasteiger partial charge in [0, 0.05) is 17.8 Å². The number of thiophene rings is 1. The van der Waals surface area contributed by atoms with Crippen LogP contribution in [-0.2, 0) is 9.59 Å².